The van der Waals surface area contributed by atoms with E-state index in [1.807, 2.05) is 0 Å². The predicted molar refractivity (Wildman–Crippen MR) is 80.5 cm³/mol. The van der Waals surface area contributed by atoms with Gasteiger partial charge >= 0.3 is 0 Å². The van der Waals surface area contributed by atoms with Gasteiger partial charge in [0, 0.05) is 38.9 Å². The van der Waals surface area contributed by atoms with Crippen molar-refractivity contribution in [3.05, 3.63) is 0 Å². The number of hydrogen-bond acceptors (Lipinski definition) is 3. The fraction of sp³-hybridized carbons (Fsp3) is 1.00. The van der Waals surface area contributed by atoms with E-state index in [-0.39, 0.29) is 0 Å². The van der Waals surface area contributed by atoms with Gasteiger partial charge in [0.05, 0.1) is 0 Å². The Labute approximate surface area is 119 Å². The maximum absolute atomic E-state index is 5.58. The van der Waals surface area contributed by atoms with Gasteiger partial charge in [-0.15, -0.1) is 0 Å². The van der Waals surface area contributed by atoms with Crippen molar-refractivity contribution in [1.29, 1.82) is 0 Å². The summed E-state index contributed by atoms with van der Waals surface area (Å²) in [6.07, 6.45) is 6.77. The molecule has 2 rings (SSSR count). The molecular weight excluding hydrogens is 236 g/mol. The highest BCUT2D eigenvalue weighted by Gasteiger charge is 2.34. The predicted octanol–water partition coefficient (Wildman–Crippen LogP) is 2.51. The van der Waals surface area contributed by atoms with E-state index in [4.69, 9.17) is 4.74 Å². The summed E-state index contributed by atoms with van der Waals surface area (Å²) in [6.45, 7) is 10.0. The van der Waals surface area contributed by atoms with Crippen molar-refractivity contribution in [3.63, 3.8) is 0 Å². The Hall–Kier alpha value is -0.120. The van der Waals surface area contributed by atoms with Crippen molar-refractivity contribution in [1.82, 2.24) is 10.2 Å². The van der Waals surface area contributed by atoms with Crippen molar-refractivity contribution >= 4 is 0 Å². The molecule has 1 saturated carbocycles. The van der Waals surface area contributed by atoms with E-state index < -0.39 is 0 Å². The SMILES string of the molecule is CC(C)NCC1(CN(C)CC2CCC2)CCOCC1. The van der Waals surface area contributed by atoms with Crippen LogP contribution < -0.4 is 5.32 Å². The van der Waals surface area contributed by atoms with Gasteiger partial charge in [0.25, 0.3) is 0 Å². The first-order chi connectivity index (χ1) is 9.10. The second-order valence-electron chi connectivity index (χ2n) is 7.14. The molecule has 112 valence electrons. The molecule has 0 radical (unpaired) electrons. The van der Waals surface area contributed by atoms with Gasteiger partial charge in [0.1, 0.15) is 0 Å². The van der Waals surface area contributed by atoms with Crippen molar-refractivity contribution in [2.45, 2.75) is 52.0 Å². The molecule has 1 aliphatic heterocycles. The van der Waals surface area contributed by atoms with Crippen LogP contribution in [-0.2, 0) is 4.74 Å². The Balaban J connectivity index is 1.84. The van der Waals surface area contributed by atoms with Crippen LogP contribution in [0.15, 0.2) is 0 Å². The molecule has 0 amide bonds. The summed E-state index contributed by atoms with van der Waals surface area (Å²) < 4.78 is 5.58. The first-order valence-electron chi connectivity index (χ1n) is 8.09. The van der Waals surface area contributed by atoms with Crippen LogP contribution in [0.5, 0.6) is 0 Å². The molecule has 0 aromatic carbocycles. The second kappa shape index (κ2) is 7.05. The van der Waals surface area contributed by atoms with Gasteiger partial charge in [-0.2, -0.15) is 0 Å². The van der Waals surface area contributed by atoms with Crippen LogP contribution in [0, 0.1) is 11.3 Å². The molecule has 2 aliphatic rings. The van der Waals surface area contributed by atoms with Gasteiger partial charge in [-0.3, -0.25) is 0 Å². The van der Waals surface area contributed by atoms with E-state index in [2.05, 4.69) is 31.1 Å². The molecule has 3 nitrogen and oxygen atoms in total. The third-order valence-corrected chi connectivity index (χ3v) is 4.84. The summed E-state index contributed by atoms with van der Waals surface area (Å²) in [5.74, 6) is 0.972. The lowest BCUT2D eigenvalue weighted by molar-refractivity contribution is -0.00491. The van der Waals surface area contributed by atoms with E-state index in [9.17, 15) is 0 Å². The van der Waals surface area contributed by atoms with E-state index in [0.717, 1.165) is 25.7 Å². The summed E-state index contributed by atoms with van der Waals surface area (Å²) >= 11 is 0. The lowest BCUT2D eigenvalue weighted by Gasteiger charge is -2.42. The molecule has 0 unspecified atom stereocenters. The van der Waals surface area contributed by atoms with Crippen molar-refractivity contribution in [2.75, 3.05) is 39.9 Å². The molecule has 1 heterocycles. The van der Waals surface area contributed by atoms with Crippen LogP contribution in [0.2, 0.25) is 0 Å². The van der Waals surface area contributed by atoms with Crippen molar-refractivity contribution < 1.29 is 4.74 Å². The minimum Gasteiger partial charge on any atom is -0.381 e. The van der Waals surface area contributed by atoms with Gasteiger partial charge in [-0.1, -0.05) is 20.3 Å². The number of hydrogen-bond donors (Lipinski definition) is 1. The van der Waals surface area contributed by atoms with Crippen LogP contribution in [-0.4, -0.2) is 50.8 Å². The lowest BCUT2D eigenvalue weighted by atomic mass is 9.78. The standard InChI is InChI=1S/C16H32N2O/c1-14(2)17-12-16(7-9-19-10-8-16)13-18(3)11-15-5-4-6-15/h14-15,17H,4-13H2,1-3H3. The molecule has 19 heavy (non-hydrogen) atoms. The first-order valence-corrected chi connectivity index (χ1v) is 8.09. The van der Waals surface area contributed by atoms with Crippen LogP contribution in [0.4, 0.5) is 0 Å². The number of nitrogens with zero attached hydrogens (tertiary/aromatic N) is 1. The van der Waals surface area contributed by atoms with Crippen LogP contribution in [0.25, 0.3) is 0 Å². The summed E-state index contributed by atoms with van der Waals surface area (Å²) in [5, 5.41) is 3.66. The molecule has 0 aromatic rings. The van der Waals surface area contributed by atoms with Gasteiger partial charge in [0.15, 0.2) is 0 Å². The van der Waals surface area contributed by atoms with Crippen LogP contribution >= 0.6 is 0 Å². The highest BCUT2D eigenvalue weighted by atomic mass is 16.5. The zero-order valence-corrected chi connectivity index (χ0v) is 13.1. The zero-order chi connectivity index (χ0) is 13.7. The summed E-state index contributed by atoms with van der Waals surface area (Å²) in [5.41, 5.74) is 0.432. The van der Waals surface area contributed by atoms with Crippen LogP contribution in [0.3, 0.4) is 0 Å². The molecule has 1 saturated heterocycles. The van der Waals surface area contributed by atoms with E-state index in [1.165, 1.54) is 45.2 Å². The Kier molecular flexibility index (Phi) is 5.67. The topological polar surface area (TPSA) is 24.5 Å². The molecule has 0 atom stereocenters. The normalized spacial score (nSPS) is 23.8. The second-order valence-corrected chi connectivity index (χ2v) is 7.14. The average molecular weight is 268 g/mol. The molecule has 1 aliphatic carbocycles. The smallest absolute Gasteiger partial charge is 0.0472 e. The van der Waals surface area contributed by atoms with Crippen molar-refractivity contribution in [3.8, 4) is 0 Å². The average Bonchev–Trinajstić information content (AvgIpc) is 2.33. The highest BCUT2D eigenvalue weighted by molar-refractivity contribution is 4.88. The highest BCUT2D eigenvalue weighted by Crippen LogP contribution is 2.32. The van der Waals surface area contributed by atoms with Crippen molar-refractivity contribution in [2.24, 2.45) is 11.3 Å². The van der Waals surface area contributed by atoms with Gasteiger partial charge in [-0.05, 0) is 44.1 Å². The largest absolute Gasteiger partial charge is 0.381 e. The minimum absolute atomic E-state index is 0.432. The fourth-order valence-corrected chi connectivity index (χ4v) is 3.37. The Bertz CT molecular complexity index is 257. The molecule has 0 spiro atoms. The molecule has 0 aromatic heterocycles. The third-order valence-electron chi connectivity index (χ3n) is 4.84. The zero-order valence-electron chi connectivity index (χ0n) is 13.1. The van der Waals surface area contributed by atoms with Gasteiger partial charge in [0.2, 0.25) is 0 Å². The number of rotatable bonds is 7. The Morgan fingerprint density at radius 2 is 1.95 bits per heavy atom. The Morgan fingerprint density at radius 1 is 1.26 bits per heavy atom. The molecule has 3 heteroatoms. The molecule has 2 fully saturated rings. The van der Waals surface area contributed by atoms with Gasteiger partial charge in [-0.25, -0.2) is 0 Å². The summed E-state index contributed by atoms with van der Waals surface area (Å²) in [7, 11) is 2.31. The quantitative estimate of drug-likeness (QED) is 0.768. The number of ether oxygens (including phenoxy) is 1. The third kappa shape index (κ3) is 4.73. The monoisotopic (exact) mass is 268 g/mol. The first kappa shape index (κ1) is 15.3. The van der Waals surface area contributed by atoms with E-state index in [0.29, 0.717) is 11.5 Å². The Morgan fingerprint density at radius 3 is 2.47 bits per heavy atom. The minimum atomic E-state index is 0.432. The van der Waals surface area contributed by atoms with E-state index in [1.54, 1.807) is 0 Å². The van der Waals surface area contributed by atoms with Crippen LogP contribution in [0.1, 0.15) is 46.0 Å². The van der Waals surface area contributed by atoms with E-state index >= 15 is 0 Å². The molecular formula is C16H32N2O. The lowest BCUT2D eigenvalue weighted by Crippen LogP contribution is -2.48. The fourth-order valence-electron chi connectivity index (χ4n) is 3.37. The maximum atomic E-state index is 5.58. The molecule has 0 bridgehead atoms. The maximum Gasteiger partial charge on any atom is 0.0472 e. The number of nitrogens with one attached hydrogen (secondary N) is 1. The summed E-state index contributed by atoms with van der Waals surface area (Å²) in [6, 6.07) is 0.580. The summed E-state index contributed by atoms with van der Waals surface area (Å²) in [4.78, 5) is 2.58. The van der Waals surface area contributed by atoms with Gasteiger partial charge < -0.3 is 15.0 Å². The molecule has 1 N–H and O–H groups in total.